The Hall–Kier alpha value is -3.22. The number of hydrogen-bond acceptors (Lipinski definition) is 4. The molecule has 23 heavy (non-hydrogen) atoms. The Morgan fingerprint density at radius 3 is 2.26 bits per heavy atom. The maximum absolute atomic E-state index is 11.8. The maximum Gasteiger partial charge on any atom is 0.334 e. The summed E-state index contributed by atoms with van der Waals surface area (Å²) >= 11 is 0. The van der Waals surface area contributed by atoms with Crippen LogP contribution in [0.25, 0.3) is 0 Å². The number of hydrogen-bond donors (Lipinski definition) is 5. The lowest BCUT2D eigenvalue weighted by molar-refractivity contribution is -0.139. The number of nitrogens with one attached hydrogen (secondary N) is 3. The number of rotatable bonds is 6. The topological polar surface area (TPSA) is 111 Å². The van der Waals surface area contributed by atoms with E-state index in [1.54, 1.807) is 36.4 Å². The summed E-state index contributed by atoms with van der Waals surface area (Å²) in [6.45, 7) is 0. The first-order valence-electron chi connectivity index (χ1n) is 6.93. The zero-order valence-electron chi connectivity index (χ0n) is 12.2. The van der Waals surface area contributed by atoms with Crippen LogP contribution in [0.4, 0.5) is 10.5 Å². The third-order valence-electron chi connectivity index (χ3n) is 3.07. The fraction of sp³-hybridized carbons (Fsp3) is 0.125. The van der Waals surface area contributed by atoms with Gasteiger partial charge in [-0.05, 0) is 29.8 Å². The fourth-order valence-electron chi connectivity index (χ4n) is 1.91. The number of aliphatic carboxylic acids is 1. The molecule has 120 valence electrons. The van der Waals surface area contributed by atoms with E-state index in [1.165, 1.54) is 12.1 Å². The molecule has 2 amide bonds. The van der Waals surface area contributed by atoms with E-state index in [0.29, 0.717) is 11.3 Å². The minimum absolute atomic E-state index is 0.0957. The smallest absolute Gasteiger partial charge is 0.334 e. The van der Waals surface area contributed by atoms with Crippen LogP contribution in [0.3, 0.4) is 0 Å². The van der Waals surface area contributed by atoms with Gasteiger partial charge in [-0.3, -0.25) is 10.9 Å². The molecule has 0 fully saturated rings. The number of carboxylic acid groups (broad SMARTS) is 1. The van der Waals surface area contributed by atoms with Crippen molar-refractivity contribution in [2.24, 2.45) is 0 Å². The summed E-state index contributed by atoms with van der Waals surface area (Å²) in [6.07, 6.45) is 0.106. The summed E-state index contributed by atoms with van der Waals surface area (Å²) in [4.78, 5) is 23.1. The van der Waals surface area contributed by atoms with Crippen LogP contribution in [0.5, 0.6) is 5.75 Å². The van der Waals surface area contributed by atoms with Crippen LogP contribution in [-0.4, -0.2) is 28.3 Å². The molecule has 0 saturated carbocycles. The number of benzene rings is 2. The van der Waals surface area contributed by atoms with Crippen molar-refractivity contribution in [3.63, 3.8) is 0 Å². The predicted molar refractivity (Wildman–Crippen MR) is 85.0 cm³/mol. The quantitative estimate of drug-likeness (QED) is 0.521. The van der Waals surface area contributed by atoms with E-state index in [4.69, 9.17) is 0 Å². The number of carbonyl (C=O) groups is 2. The molecule has 1 unspecified atom stereocenters. The number of para-hydroxylation sites is 1. The van der Waals surface area contributed by atoms with Gasteiger partial charge < -0.3 is 15.5 Å². The molecule has 0 aromatic heterocycles. The summed E-state index contributed by atoms with van der Waals surface area (Å²) in [7, 11) is 0. The second-order valence-corrected chi connectivity index (χ2v) is 4.85. The third kappa shape index (κ3) is 5.24. The number of hydrazine groups is 1. The predicted octanol–water partition coefficient (Wildman–Crippen LogP) is 1.71. The molecule has 2 aromatic carbocycles. The second kappa shape index (κ2) is 7.69. The molecule has 7 heteroatoms. The van der Waals surface area contributed by atoms with Gasteiger partial charge in [-0.25, -0.2) is 9.59 Å². The van der Waals surface area contributed by atoms with Crippen molar-refractivity contribution in [3.05, 3.63) is 60.2 Å². The van der Waals surface area contributed by atoms with Crippen LogP contribution in [0, 0.1) is 0 Å². The van der Waals surface area contributed by atoms with Gasteiger partial charge in [-0.15, -0.1) is 0 Å². The second-order valence-electron chi connectivity index (χ2n) is 4.85. The third-order valence-corrected chi connectivity index (χ3v) is 3.07. The standard InChI is InChI=1S/C16H17N3O4/c20-13-8-6-11(7-9-13)10-14(15(21)22)17-16(23)19-18-12-4-2-1-3-5-12/h1-9,14,18,20H,10H2,(H,21,22)(H2,17,19,23). The van der Waals surface area contributed by atoms with Crippen LogP contribution in [0.15, 0.2) is 54.6 Å². The summed E-state index contributed by atoms with van der Waals surface area (Å²) < 4.78 is 0. The number of aromatic hydroxyl groups is 1. The number of anilines is 1. The summed E-state index contributed by atoms with van der Waals surface area (Å²) in [5.74, 6) is -1.05. The lowest BCUT2D eigenvalue weighted by Crippen LogP contribution is -2.48. The molecule has 0 aliphatic rings. The molecule has 0 aliphatic heterocycles. The molecule has 7 nitrogen and oxygen atoms in total. The van der Waals surface area contributed by atoms with Gasteiger partial charge in [0.2, 0.25) is 0 Å². The number of urea groups is 1. The van der Waals surface area contributed by atoms with E-state index in [1.807, 2.05) is 6.07 Å². The average molecular weight is 315 g/mol. The molecule has 0 spiro atoms. The Labute approximate surface area is 132 Å². The Bertz CT molecular complexity index is 659. The first-order valence-corrected chi connectivity index (χ1v) is 6.93. The Morgan fingerprint density at radius 2 is 1.65 bits per heavy atom. The molecular weight excluding hydrogens is 298 g/mol. The van der Waals surface area contributed by atoms with E-state index in [-0.39, 0.29) is 12.2 Å². The lowest BCUT2D eigenvalue weighted by Gasteiger charge is -2.16. The van der Waals surface area contributed by atoms with Gasteiger partial charge in [0.15, 0.2) is 0 Å². The van der Waals surface area contributed by atoms with E-state index < -0.39 is 18.0 Å². The lowest BCUT2D eigenvalue weighted by atomic mass is 10.1. The summed E-state index contributed by atoms with van der Waals surface area (Å²) in [5, 5.41) is 20.8. The molecule has 5 N–H and O–H groups in total. The molecule has 0 radical (unpaired) electrons. The number of carboxylic acids is 1. The van der Waals surface area contributed by atoms with Crippen LogP contribution >= 0.6 is 0 Å². The van der Waals surface area contributed by atoms with Crippen molar-refractivity contribution < 1.29 is 19.8 Å². The highest BCUT2D eigenvalue weighted by molar-refractivity contribution is 5.83. The SMILES string of the molecule is O=C(NNc1ccccc1)NC(Cc1ccc(O)cc1)C(=O)O. The highest BCUT2D eigenvalue weighted by Gasteiger charge is 2.20. The first-order chi connectivity index (χ1) is 11.0. The monoisotopic (exact) mass is 315 g/mol. The molecular formula is C16H17N3O4. The zero-order valence-corrected chi connectivity index (χ0v) is 12.2. The molecule has 1 atom stereocenters. The van der Waals surface area contributed by atoms with E-state index >= 15 is 0 Å². The van der Waals surface area contributed by atoms with Crippen molar-refractivity contribution in [1.82, 2.24) is 10.7 Å². The number of amides is 2. The van der Waals surface area contributed by atoms with Crippen molar-refractivity contribution in [3.8, 4) is 5.75 Å². The van der Waals surface area contributed by atoms with Gasteiger partial charge in [-0.1, -0.05) is 30.3 Å². The zero-order chi connectivity index (χ0) is 16.7. The minimum atomic E-state index is -1.15. The number of carbonyl (C=O) groups excluding carboxylic acids is 1. The van der Waals surface area contributed by atoms with Gasteiger partial charge >= 0.3 is 12.0 Å². The Morgan fingerprint density at radius 1 is 1.00 bits per heavy atom. The Kier molecular flexibility index (Phi) is 5.40. The molecule has 0 aliphatic carbocycles. The molecule has 0 heterocycles. The molecule has 2 aromatic rings. The van der Waals surface area contributed by atoms with Gasteiger partial charge in [0.05, 0.1) is 5.69 Å². The van der Waals surface area contributed by atoms with Crippen molar-refractivity contribution in [1.29, 1.82) is 0 Å². The highest BCUT2D eigenvalue weighted by Crippen LogP contribution is 2.11. The summed E-state index contributed by atoms with van der Waals surface area (Å²) in [5.41, 5.74) is 6.41. The van der Waals surface area contributed by atoms with Crippen molar-refractivity contribution in [2.75, 3.05) is 5.43 Å². The fourth-order valence-corrected chi connectivity index (χ4v) is 1.91. The van der Waals surface area contributed by atoms with E-state index in [2.05, 4.69) is 16.2 Å². The molecule has 2 rings (SSSR count). The van der Waals surface area contributed by atoms with Crippen LogP contribution in [0.2, 0.25) is 0 Å². The van der Waals surface area contributed by atoms with Gasteiger partial charge in [0.25, 0.3) is 0 Å². The highest BCUT2D eigenvalue weighted by atomic mass is 16.4. The van der Waals surface area contributed by atoms with Crippen LogP contribution in [0.1, 0.15) is 5.56 Å². The number of phenols is 1. The van der Waals surface area contributed by atoms with Gasteiger partial charge in [-0.2, -0.15) is 0 Å². The number of phenolic OH excluding ortho intramolecular Hbond substituents is 1. The van der Waals surface area contributed by atoms with Gasteiger partial charge in [0.1, 0.15) is 11.8 Å². The van der Waals surface area contributed by atoms with Crippen LogP contribution < -0.4 is 16.2 Å². The van der Waals surface area contributed by atoms with Crippen molar-refractivity contribution in [2.45, 2.75) is 12.5 Å². The average Bonchev–Trinajstić information content (AvgIpc) is 2.55. The minimum Gasteiger partial charge on any atom is -0.508 e. The maximum atomic E-state index is 11.8. The Balaban J connectivity index is 1.89. The normalized spacial score (nSPS) is 11.3. The van der Waals surface area contributed by atoms with Crippen LogP contribution in [-0.2, 0) is 11.2 Å². The van der Waals surface area contributed by atoms with E-state index in [9.17, 15) is 19.8 Å². The largest absolute Gasteiger partial charge is 0.508 e. The summed E-state index contributed by atoms with van der Waals surface area (Å²) in [6, 6.07) is 13.3. The molecule has 0 bridgehead atoms. The first kappa shape index (κ1) is 16.2. The van der Waals surface area contributed by atoms with Gasteiger partial charge in [0, 0.05) is 6.42 Å². The molecule has 0 saturated heterocycles. The van der Waals surface area contributed by atoms with Crippen molar-refractivity contribution >= 4 is 17.7 Å². The van der Waals surface area contributed by atoms with E-state index in [0.717, 1.165) is 0 Å².